The summed E-state index contributed by atoms with van der Waals surface area (Å²) in [6.45, 7) is 2.63. The molecule has 15 heavy (non-hydrogen) atoms. The average molecular weight is 206 g/mol. The van der Waals surface area contributed by atoms with Gasteiger partial charge in [0.25, 0.3) is 0 Å². The van der Waals surface area contributed by atoms with Crippen molar-refractivity contribution in [3.05, 3.63) is 24.0 Å². The van der Waals surface area contributed by atoms with Crippen molar-refractivity contribution in [3.63, 3.8) is 0 Å². The third kappa shape index (κ3) is 1.98. The van der Waals surface area contributed by atoms with E-state index in [1.165, 1.54) is 0 Å². The smallest absolute Gasteiger partial charge is 0.151 e. The molecule has 2 aromatic heterocycles. The van der Waals surface area contributed by atoms with Crippen LogP contribution in [-0.4, -0.2) is 24.5 Å². The zero-order chi connectivity index (χ0) is 10.8. The molecular weight excluding hydrogens is 192 g/mol. The number of rotatable bonds is 3. The molecular formula is C9H14N6. The Morgan fingerprint density at radius 2 is 2.20 bits per heavy atom. The van der Waals surface area contributed by atoms with E-state index in [2.05, 4.69) is 20.6 Å². The monoisotopic (exact) mass is 206 g/mol. The van der Waals surface area contributed by atoms with Crippen LogP contribution in [0.15, 0.2) is 12.5 Å². The van der Waals surface area contributed by atoms with Crippen LogP contribution in [-0.2, 0) is 20.6 Å². The van der Waals surface area contributed by atoms with Gasteiger partial charge in [0.2, 0.25) is 0 Å². The first-order valence-electron chi connectivity index (χ1n) is 4.74. The molecule has 0 fully saturated rings. The van der Waals surface area contributed by atoms with E-state index in [-0.39, 0.29) is 0 Å². The molecule has 0 radical (unpaired) electrons. The SMILES string of the molecule is Cc1nn(C)cc1NCc1nncn1C. The van der Waals surface area contributed by atoms with Gasteiger partial charge in [-0.05, 0) is 6.92 Å². The molecule has 6 heteroatoms. The van der Waals surface area contributed by atoms with Gasteiger partial charge in [-0.1, -0.05) is 0 Å². The van der Waals surface area contributed by atoms with Crippen LogP contribution in [0.4, 0.5) is 5.69 Å². The van der Waals surface area contributed by atoms with Crippen LogP contribution in [0, 0.1) is 6.92 Å². The first-order chi connectivity index (χ1) is 7.16. The number of hydrogen-bond donors (Lipinski definition) is 1. The van der Waals surface area contributed by atoms with Crippen molar-refractivity contribution < 1.29 is 0 Å². The summed E-state index contributed by atoms with van der Waals surface area (Å²) >= 11 is 0. The molecule has 1 N–H and O–H groups in total. The molecule has 2 heterocycles. The Balaban J connectivity index is 2.05. The predicted octanol–water partition coefficient (Wildman–Crippen LogP) is 0.469. The topological polar surface area (TPSA) is 60.6 Å². The van der Waals surface area contributed by atoms with Crippen molar-refractivity contribution in [1.29, 1.82) is 0 Å². The average Bonchev–Trinajstić information content (AvgIpc) is 2.70. The van der Waals surface area contributed by atoms with Crippen LogP contribution in [0.25, 0.3) is 0 Å². The van der Waals surface area contributed by atoms with Gasteiger partial charge in [0.1, 0.15) is 6.33 Å². The van der Waals surface area contributed by atoms with Crippen molar-refractivity contribution in [3.8, 4) is 0 Å². The van der Waals surface area contributed by atoms with Crippen molar-refractivity contribution in [2.75, 3.05) is 5.32 Å². The summed E-state index contributed by atoms with van der Waals surface area (Å²) in [4.78, 5) is 0. The molecule has 0 aliphatic rings. The Labute approximate surface area is 87.9 Å². The molecule has 2 rings (SSSR count). The molecule has 0 bridgehead atoms. The second-order valence-corrected chi connectivity index (χ2v) is 3.51. The molecule has 0 spiro atoms. The van der Waals surface area contributed by atoms with Crippen LogP contribution in [0.5, 0.6) is 0 Å². The molecule has 6 nitrogen and oxygen atoms in total. The fourth-order valence-corrected chi connectivity index (χ4v) is 1.41. The largest absolute Gasteiger partial charge is 0.375 e. The van der Waals surface area contributed by atoms with E-state index in [1.807, 2.05) is 31.8 Å². The van der Waals surface area contributed by atoms with E-state index in [1.54, 1.807) is 11.0 Å². The summed E-state index contributed by atoms with van der Waals surface area (Å²) in [5.41, 5.74) is 2.01. The Hall–Kier alpha value is -1.85. The highest BCUT2D eigenvalue weighted by Crippen LogP contribution is 2.11. The Morgan fingerprint density at radius 3 is 2.73 bits per heavy atom. The highest BCUT2D eigenvalue weighted by Gasteiger charge is 2.04. The maximum Gasteiger partial charge on any atom is 0.151 e. The number of aryl methyl sites for hydroxylation is 3. The summed E-state index contributed by atoms with van der Waals surface area (Å²) in [5, 5.41) is 15.3. The molecule has 0 unspecified atom stereocenters. The van der Waals surface area contributed by atoms with Crippen molar-refractivity contribution in [1.82, 2.24) is 24.5 Å². The highest BCUT2D eigenvalue weighted by molar-refractivity contribution is 5.45. The van der Waals surface area contributed by atoms with Crippen LogP contribution < -0.4 is 5.32 Å². The third-order valence-electron chi connectivity index (χ3n) is 2.26. The van der Waals surface area contributed by atoms with Crippen molar-refractivity contribution in [2.24, 2.45) is 14.1 Å². The van der Waals surface area contributed by atoms with Gasteiger partial charge in [-0.25, -0.2) is 0 Å². The molecule has 80 valence electrons. The summed E-state index contributed by atoms with van der Waals surface area (Å²) in [6, 6.07) is 0. The van der Waals surface area contributed by atoms with E-state index in [4.69, 9.17) is 0 Å². The molecule has 0 aliphatic carbocycles. The highest BCUT2D eigenvalue weighted by atomic mass is 15.3. The zero-order valence-electron chi connectivity index (χ0n) is 9.10. The van der Waals surface area contributed by atoms with E-state index in [9.17, 15) is 0 Å². The number of anilines is 1. The molecule has 0 saturated heterocycles. The minimum Gasteiger partial charge on any atom is -0.375 e. The van der Waals surface area contributed by atoms with Crippen LogP contribution in [0.3, 0.4) is 0 Å². The van der Waals surface area contributed by atoms with Gasteiger partial charge >= 0.3 is 0 Å². The maximum absolute atomic E-state index is 4.24. The number of nitrogens with zero attached hydrogens (tertiary/aromatic N) is 5. The van der Waals surface area contributed by atoms with Crippen molar-refractivity contribution >= 4 is 5.69 Å². The summed E-state index contributed by atoms with van der Waals surface area (Å²) in [5.74, 6) is 0.901. The van der Waals surface area contributed by atoms with E-state index >= 15 is 0 Å². The normalized spacial score (nSPS) is 10.6. The van der Waals surface area contributed by atoms with Gasteiger partial charge in [-0.2, -0.15) is 5.10 Å². The minimum atomic E-state index is 0.656. The summed E-state index contributed by atoms with van der Waals surface area (Å²) in [7, 11) is 3.83. The Morgan fingerprint density at radius 1 is 1.40 bits per heavy atom. The first-order valence-corrected chi connectivity index (χ1v) is 4.74. The van der Waals surface area contributed by atoms with Gasteiger partial charge in [0.15, 0.2) is 5.82 Å². The van der Waals surface area contributed by atoms with Gasteiger partial charge in [-0.3, -0.25) is 4.68 Å². The maximum atomic E-state index is 4.24. The standard InChI is InChI=1S/C9H14N6/c1-7-8(5-15(3)13-7)10-4-9-12-11-6-14(9)2/h5-6,10H,4H2,1-3H3. The van der Waals surface area contributed by atoms with E-state index < -0.39 is 0 Å². The molecule has 2 aromatic rings. The number of aromatic nitrogens is 5. The molecule has 0 aromatic carbocycles. The number of hydrogen-bond acceptors (Lipinski definition) is 4. The lowest BCUT2D eigenvalue weighted by Crippen LogP contribution is -2.05. The van der Waals surface area contributed by atoms with Crippen LogP contribution in [0.2, 0.25) is 0 Å². The second-order valence-electron chi connectivity index (χ2n) is 3.51. The fraction of sp³-hybridized carbons (Fsp3) is 0.444. The zero-order valence-corrected chi connectivity index (χ0v) is 9.10. The van der Waals surface area contributed by atoms with Crippen LogP contribution >= 0.6 is 0 Å². The summed E-state index contributed by atoms with van der Waals surface area (Å²) < 4.78 is 3.67. The lowest BCUT2D eigenvalue weighted by molar-refractivity contribution is 0.756. The van der Waals surface area contributed by atoms with Crippen molar-refractivity contribution in [2.45, 2.75) is 13.5 Å². The van der Waals surface area contributed by atoms with E-state index in [0.29, 0.717) is 6.54 Å². The predicted molar refractivity (Wildman–Crippen MR) is 56.3 cm³/mol. The lowest BCUT2D eigenvalue weighted by Gasteiger charge is -2.03. The fourth-order valence-electron chi connectivity index (χ4n) is 1.41. The Kier molecular flexibility index (Phi) is 2.40. The van der Waals surface area contributed by atoms with E-state index in [0.717, 1.165) is 17.2 Å². The first kappa shape index (κ1) is 9.70. The molecule has 0 saturated carbocycles. The quantitative estimate of drug-likeness (QED) is 0.793. The molecule has 0 amide bonds. The summed E-state index contributed by atoms with van der Waals surface area (Å²) in [6.07, 6.45) is 3.64. The van der Waals surface area contributed by atoms with Gasteiger partial charge < -0.3 is 9.88 Å². The Bertz CT molecular complexity index is 455. The number of nitrogens with one attached hydrogen (secondary N) is 1. The van der Waals surface area contributed by atoms with Gasteiger partial charge in [0, 0.05) is 20.3 Å². The third-order valence-corrected chi connectivity index (χ3v) is 2.26. The second kappa shape index (κ2) is 3.72. The minimum absolute atomic E-state index is 0.656. The molecule has 0 atom stereocenters. The van der Waals surface area contributed by atoms with Gasteiger partial charge in [-0.15, -0.1) is 10.2 Å². The van der Waals surface area contributed by atoms with Gasteiger partial charge in [0.05, 0.1) is 17.9 Å². The van der Waals surface area contributed by atoms with Crippen LogP contribution in [0.1, 0.15) is 11.5 Å². The lowest BCUT2D eigenvalue weighted by atomic mass is 10.4. The molecule has 0 aliphatic heterocycles.